The second-order valence-corrected chi connectivity index (χ2v) is 16.3. The van der Waals surface area contributed by atoms with Gasteiger partial charge in [-0.1, -0.05) is 43.3 Å². The summed E-state index contributed by atoms with van der Waals surface area (Å²) in [4.78, 5) is 62.2. The quantitative estimate of drug-likeness (QED) is 0.220. The number of likely N-dealkylation sites (tertiary alicyclic amines) is 1. The number of amides is 4. The molecule has 4 amide bonds. The number of halogens is 1. The molecule has 0 aliphatic carbocycles. The first-order valence-corrected chi connectivity index (χ1v) is 19.8. The highest BCUT2D eigenvalue weighted by Crippen LogP contribution is 2.59. The number of aliphatic hydroxyl groups excluding tert-OH is 1. The van der Waals surface area contributed by atoms with Crippen LogP contribution in [0.5, 0.6) is 11.5 Å². The smallest absolute Gasteiger partial charge is 0.269 e. The molecule has 58 heavy (non-hydrogen) atoms. The van der Waals surface area contributed by atoms with Crippen molar-refractivity contribution in [3.63, 3.8) is 0 Å². The van der Waals surface area contributed by atoms with Crippen molar-refractivity contribution < 1.29 is 42.9 Å². The van der Waals surface area contributed by atoms with E-state index >= 15 is 9.18 Å². The molecule has 1 spiro atoms. The number of anilines is 5. The van der Waals surface area contributed by atoms with Gasteiger partial charge < -0.3 is 29.1 Å². The maximum Gasteiger partial charge on any atom is 0.269 e. The summed E-state index contributed by atoms with van der Waals surface area (Å²) in [5.74, 6) is -1.65. The largest absolute Gasteiger partial charge is 0.482 e. The van der Waals surface area contributed by atoms with Crippen LogP contribution in [0.25, 0.3) is 0 Å². The number of nitrogens with zero attached hydrogens (tertiary/aromatic N) is 4. The van der Waals surface area contributed by atoms with Crippen LogP contribution < -0.4 is 24.2 Å². The molecule has 5 atom stereocenters. The Bertz CT molecular complexity index is 2310. The predicted molar refractivity (Wildman–Crippen MR) is 213 cm³/mol. The molecule has 5 heterocycles. The van der Waals surface area contributed by atoms with E-state index in [1.807, 2.05) is 67.6 Å². The van der Waals surface area contributed by atoms with Gasteiger partial charge in [-0.15, -0.1) is 0 Å². The van der Waals surface area contributed by atoms with E-state index in [0.29, 0.717) is 58.5 Å². The van der Waals surface area contributed by atoms with Gasteiger partial charge in [0.15, 0.2) is 18.8 Å². The van der Waals surface area contributed by atoms with Crippen LogP contribution in [0.4, 0.5) is 32.8 Å². The van der Waals surface area contributed by atoms with Crippen molar-refractivity contribution in [1.82, 2.24) is 4.90 Å². The molecule has 5 aliphatic rings. The Balaban J connectivity index is 1.11. The zero-order chi connectivity index (χ0) is 40.5. The number of hydrogen-bond donors (Lipinski definition) is 1. The van der Waals surface area contributed by atoms with Crippen LogP contribution in [-0.4, -0.2) is 77.8 Å². The molecule has 0 radical (unpaired) electrons. The van der Waals surface area contributed by atoms with E-state index in [1.165, 1.54) is 13.8 Å². The molecule has 0 aromatic heterocycles. The Hall–Kier alpha value is -5.79. The van der Waals surface area contributed by atoms with E-state index in [4.69, 9.17) is 14.2 Å². The minimum atomic E-state index is -1.86. The molecule has 0 unspecified atom stereocenters. The lowest BCUT2D eigenvalue weighted by Gasteiger charge is -2.33. The molecule has 12 nitrogen and oxygen atoms in total. The number of para-hydroxylation sites is 4. The minimum Gasteiger partial charge on any atom is -0.482 e. The lowest BCUT2D eigenvalue weighted by atomic mass is 9.71. The Morgan fingerprint density at radius 2 is 1.45 bits per heavy atom. The molecule has 4 aromatic carbocycles. The van der Waals surface area contributed by atoms with E-state index < -0.39 is 35.1 Å². The second-order valence-electron chi connectivity index (χ2n) is 16.3. The van der Waals surface area contributed by atoms with Crippen LogP contribution in [0.3, 0.4) is 0 Å². The van der Waals surface area contributed by atoms with Crippen LogP contribution in [0.1, 0.15) is 51.2 Å². The Kier molecular flexibility index (Phi) is 9.27. The summed E-state index contributed by atoms with van der Waals surface area (Å²) in [6, 6.07) is 26.9. The van der Waals surface area contributed by atoms with Crippen LogP contribution in [0.15, 0.2) is 91.0 Å². The van der Waals surface area contributed by atoms with Crippen molar-refractivity contribution in [2.45, 2.75) is 70.0 Å². The number of hydrogen-bond acceptors (Lipinski definition) is 8. The highest BCUT2D eigenvalue weighted by molar-refractivity contribution is 6.10. The van der Waals surface area contributed by atoms with Gasteiger partial charge in [-0.05, 0) is 86.8 Å². The van der Waals surface area contributed by atoms with Gasteiger partial charge in [0.25, 0.3) is 17.7 Å². The number of aliphatic hydroxyl groups is 1. The van der Waals surface area contributed by atoms with Gasteiger partial charge >= 0.3 is 0 Å². The summed E-state index contributed by atoms with van der Waals surface area (Å²) in [5, 5.41) is 9.98. The van der Waals surface area contributed by atoms with Gasteiger partial charge in [-0.3, -0.25) is 29.0 Å². The summed E-state index contributed by atoms with van der Waals surface area (Å²) in [6.07, 6.45) is 0.297. The van der Waals surface area contributed by atoms with Gasteiger partial charge in [0.1, 0.15) is 17.2 Å². The van der Waals surface area contributed by atoms with Crippen molar-refractivity contribution in [2.24, 2.45) is 11.8 Å². The first-order valence-electron chi connectivity index (χ1n) is 19.8. The predicted octanol–water partition coefficient (Wildman–Crippen LogP) is 6.32. The van der Waals surface area contributed by atoms with E-state index in [-0.39, 0.29) is 56.5 Å². The van der Waals surface area contributed by atoms with E-state index in [1.54, 1.807) is 49.9 Å². The number of fused-ring (bicyclic) bond motifs is 4. The van der Waals surface area contributed by atoms with Crippen LogP contribution in [0.2, 0.25) is 0 Å². The molecule has 1 N–H and O–H groups in total. The van der Waals surface area contributed by atoms with Gasteiger partial charge in [0.05, 0.1) is 48.8 Å². The Labute approximate surface area is 335 Å². The van der Waals surface area contributed by atoms with Crippen molar-refractivity contribution in [3.05, 3.63) is 102 Å². The van der Waals surface area contributed by atoms with Crippen molar-refractivity contribution in [2.75, 3.05) is 41.1 Å². The first kappa shape index (κ1) is 37.8. The SMILES string of the molecule is C[C@H]1[C@H](C(C)(C)F)[C@@H](CC(=O)N2CCC[C@H]2CO)O[C@]12C(=O)N(Cc1ccc(N3C(=O)COc4ccccc43)cc1)c1ccc(N3C(=O)COc4ccccc43)cc12. The molecule has 2 saturated heterocycles. The number of carbonyl (C=O) groups is 4. The summed E-state index contributed by atoms with van der Waals surface area (Å²) in [5.41, 5.74) is 0.534. The third kappa shape index (κ3) is 6.01. The summed E-state index contributed by atoms with van der Waals surface area (Å²) >= 11 is 0. The zero-order valence-electron chi connectivity index (χ0n) is 32.6. The molecule has 13 heteroatoms. The third-order valence-electron chi connectivity index (χ3n) is 12.4. The lowest BCUT2D eigenvalue weighted by molar-refractivity contribution is -0.150. The zero-order valence-corrected chi connectivity index (χ0v) is 32.6. The minimum absolute atomic E-state index is 0.0922. The maximum atomic E-state index is 16.6. The summed E-state index contributed by atoms with van der Waals surface area (Å²) < 4.78 is 34.9. The lowest BCUT2D eigenvalue weighted by Crippen LogP contribution is -2.45. The molecular formula is C45H45FN4O8. The number of benzene rings is 4. The fourth-order valence-electron chi connectivity index (χ4n) is 9.88. The summed E-state index contributed by atoms with van der Waals surface area (Å²) in [7, 11) is 0. The molecule has 2 fully saturated rings. The van der Waals surface area contributed by atoms with Gasteiger partial charge in [-0.2, -0.15) is 0 Å². The Morgan fingerprint density at radius 3 is 2.07 bits per heavy atom. The summed E-state index contributed by atoms with van der Waals surface area (Å²) in [6.45, 7) is 4.89. The maximum absolute atomic E-state index is 16.6. The second kappa shape index (κ2) is 14.2. The average molecular weight is 789 g/mol. The van der Waals surface area contributed by atoms with E-state index in [2.05, 4.69) is 0 Å². The topological polar surface area (TPSA) is 129 Å². The van der Waals surface area contributed by atoms with E-state index in [9.17, 15) is 19.5 Å². The normalized spacial score (nSPS) is 25.2. The highest BCUT2D eigenvalue weighted by atomic mass is 19.1. The number of rotatable bonds is 8. The molecule has 0 bridgehead atoms. The fraction of sp³-hybridized carbons (Fsp3) is 0.378. The molecular weight excluding hydrogens is 744 g/mol. The van der Waals surface area contributed by atoms with Crippen molar-refractivity contribution >= 4 is 52.1 Å². The monoisotopic (exact) mass is 788 g/mol. The fourth-order valence-corrected chi connectivity index (χ4v) is 9.88. The van der Waals surface area contributed by atoms with Gasteiger partial charge in [-0.25, -0.2) is 4.39 Å². The number of ether oxygens (including phenoxy) is 3. The van der Waals surface area contributed by atoms with Crippen molar-refractivity contribution in [3.8, 4) is 11.5 Å². The highest BCUT2D eigenvalue weighted by Gasteiger charge is 2.66. The third-order valence-corrected chi connectivity index (χ3v) is 12.4. The number of alkyl halides is 1. The van der Waals surface area contributed by atoms with Gasteiger partial charge in [0, 0.05) is 35.3 Å². The molecule has 300 valence electrons. The number of carbonyl (C=O) groups excluding carboxylic acids is 4. The van der Waals surface area contributed by atoms with Crippen LogP contribution in [-0.2, 0) is 36.1 Å². The first-order chi connectivity index (χ1) is 27.9. The van der Waals surface area contributed by atoms with Crippen molar-refractivity contribution in [1.29, 1.82) is 0 Å². The molecule has 9 rings (SSSR count). The van der Waals surface area contributed by atoms with Crippen LogP contribution in [0, 0.1) is 11.8 Å². The van der Waals surface area contributed by atoms with E-state index in [0.717, 1.165) is 12.0 Å². The van der Waals surface area contributed by atoms with Crippen LogP contribution >= 0.6 is 0 Å². The molecule has 5 aliphatic heterocycles. The Morgan fingerprint density at radius 1 is 0.845 bits per heavy atom. The molecule has 0 saturated carbocycles. The van der Waals surface area contributed by atoms with Gasteiger partial charge in [0.2, 0.25) is 5.91 Å². The average Bonchev–Trinajstić information content (AvgIpc) is 3.88. The molecule has 4 aromatic rings. The standard InChI is InChI=1S/C45H45FN4O8/c1-27-42(44(2,3)46)38(22-39(52)47-20-8-9-31(47)24-51)58-45(27)32-21-30(50-35-11-5-7-13-37(35)57-26-41(50)54)18-19-33(32)48(43(45)55)23-28-14-16-29(17-15-28)49-34-10-4-6-12-36(34)56-25-40(49)53/h4-7,10-19,21,27,31,38,42,51H,8-9,20,22-26H2,1-3H3/t27-,31-,38+,42-,45+/m0/s1.